The van der Waals surface area contributed by atoms with Crippen molar-refractivity contribution in [2.75, 3.05) is 0 Å². The molecule has 1 unspecified atom stereocenters. The van der Waals surface area contributed by atoms with Gasteiger partial charge in [-0.15, -0.1) is 0 Å². The Bertz CT molecular complexity index is 711. The van der Waals surface area contributed by atoms with E-state index in [9.17, 15) is 4.79 Å². The van der Waals surface area contributed by atoms with E-state index in [-0.39, 0.29) is 11.9 Å². The van der Waals surface area contributed by atoms with Crippen LogP contribution in [0.2, 0.25) is 10.0 Å². The molecular formula is C20H21Cl2NO. The molecule has 2 aromatic carbocycles. The van der Waals surface area contributed by atoms with Crippen molar-refractivity contribution >= 4 is 35.2 Å². The van der Waals surface area contributed by atoms with Gasteiger partial charge in [-0.2, -0.15) is 0 Å². The summed E-state index contributed by atoms with van der Waals surface area (Å²) in [6.07, 6.45) is 4.09. The summed E-state index contributed by atoms with van der Waals surface area (Å²) in [6.45, 7) is 4.29. The maximum Gasteiger partial charge on any atom is 0.244 e. The van der Waals surface area contributed by atoms with Crippen LogP contribution in [0, 0.1) is 5.92 Å². The summed E-state index contributed by atoms with van der Waals surface area (Å²) in [5.41, 5.74) is 1.87. The number of hydrogen-bond donors (Lipinski definition) is 1. The van der Waals surface area contributed by atoms with Gasteiger partial charge in [-0.3, -0.25) is 4.79 Å². The van der Waals surface area contributed by atoms with E-state index >= 15 is 0 Å². The van der Waals surface area contributed by atoms with Crippen LogP contribution in [0.15, 0.2) is 54.6 Å². The molecule has 1 N–H and O–H groups in total. The molecule has 24 heavy (non-hydrogen) atoms. The summed E-state index contributed by atoms with van der Waals surface area (Å²) in [6, 6.07) is 15.2. The number of halogens is 2. The highest BCUT2D eigenvalue weighted by molar-refractivity contribution is 6.35. The Kier molecular flexibility index (Phi) is 6.89. The lowest BCUT2D eigenvalue weighted by atomic mass is 9.97. The normalized spacial score (nSPS) is 12.5. The van der Waals surface area contributed by atoms with Crippen molar-refractivity contribution in [3.63, 3.8) is 0 Å². The number of amides is 1. The Hall–Kier alpha value is -1.77. The van der Waals surface area contributed by atoms with Crippen LogP contribution in [0.3, 0.4) is 0 Å². The van der Waals surface area contributed by atoms with Crippen LogP contribution in [-0.2, 0) is 4.79 Å². The van der Waals surface area contributed by atoms with Gasteiger partial charge >= 0.3 is 0 Å². The first-order valence-electron chi connectivity index (χ1n) is 7.94. The number of rotatable bonds is 6. The van der Waals surface area contributed by atoms with E-state index in [0.29, 0.717) is 16.0 Å². The molecule has 0 aliphatic heterocycles. The minimum absolute atomic E-state index is 0.0101. The van der Waals surface area contributed by atoms with Gasteiger partial charge in [0.2, 0.25) is 5.91 Å². The fourth-order valence-electron chi connectivity index (χ4n) is 2.46. The first-order chi connectivity index (χ1) is 11.5. The second-order valence-corrected chi connectivity index (χ2v) is 6.94. The van der Waals surface area contributed by atoms with Crippen molar-refractivity contribution in [1.29, 1.82) is 0 Å². The third-order valence-electron chi connectivity index (χ3n) is 3.60. The van der Waals surface area contributed by atoms with Gasteiger partial charge in [0.05, 0.1) is 6.04 Å². The first kappa shape index (κ1) is 18.6. The highest BCUT2D eigenvalue weighted by Crippen LogP contribution is 2.23. The summed E-state index contributed by atoms with van der Waals surface area (Å²) in [4.78, 5) is 12.3. The SMILES string of the molecule is CC(C)CC(NC(=O)/C=C/c1ccc(Cl)cc1Cl)c1ccccc1. The van der Waals surface area contributed by atoms with Crippen LogP contribution < -0.4 is 5.32 Å². The monoisotopic (exact) mass is 361 g/mol. The number of benzene rings is 2. The molecule has 2 aromatic rings. The maximum absolute atomic E-state index is 12.3. The average molecular weight is 362 g/mol. The number of nitrogens with one attached hydrogen (secondary N) is 1. The van der Waals surface area contributed by atoms with Crippen molar-refractivity contribution in [3.05, 3.63) is 75.8 Å². The summed E-state index contributed by atoms with van der Waals surface area (Å²) in [5.74, 6) is 0.334. The van der Waals surface area contributed by atoms with Crippen molar-refractivity contribution < 1.29 is 4.79 Å². The predicted octanol–water partition coefficient (Wildman–Crippen LogP) is 5.91. The van der Waals surface area contributed by atoms with Crippen LogP contribution >= 0.6 is 23.2 Å². The van der Waals surface area contributed by atoms with Gasteiger partial charge in [-0.1, -0.05) is 73.4 Å². The molecule has 1 atom stereocenters. The average Bonchev–Trinajstić information content (AvgIpc) is 2.54. The standard InChI is InChI=1S/C20H21Cl2NO/c1-14(2)12-19(16-6-4-3-5-7-16)23-20(24)11-9-15-8-10-17(21)13-18(15)22/h3-11,13-14,19H,12H2,1-2H3,(H,23,24)/b11-9+. The zero-order valence-corrected chi connectivity index (χ0v) is 15.3. The zero-order chi connectivity index (χ0) is 17.5. The molecule has 0 aliphatic carbocycles. The number of hydrogen-bond acceptors (Lipinski definition) is 1. The molecule has 0 heterocycles. The Morgan fingerprint density at radius 1 is 1.12 bits per heavy atom. The second-order valence-electron chi connectivity index (χ2n) is 6.10. The maximum atomic E-state index is 12.3. The van der Waals surface area contributed by atoms with Gasteiger partial charge < -0.3 is 5.32 Å². The van der Waals surface area contributed by atoms with E-state index in [0.717, 1.165) is 17.5 Å². The van der Waals surface area contributed by atoms with Gasteiger partial charge in [0.1, 0.15) is 0 Å². The lowest BCUT2D eigenvalue weighted by Crippen LogP contribution is -2.27. The molecule has 1 amide bonds. The predicted molar refractivity (Wildman–Crippen MR) is 102 cm³/mol. The van der Waals surface area contributed by atoms with Crippen LogP contribution in [-0.4, -0.2) is 5.91 Å². The van der Waals surface area contributed by atoms with E-state index in [2.05, 4.69) is 19.2 Å². The minimum Gasteiger partial charge on any atom is -0.346 e. The molecule has 126 valence electrons. The van der Waals surface area contributed by atoms with E-state index in [4.69, 9.17) is 23.2 Å². The van der Waals surface area contributed by atoms with Crippen molar-refractivity contribution in [2.24, 2.45) is 5.92 Å². The molecule has 0 radical (unpaired) electrons. The van der Waals surface area contributed by atoms with Crippen LogP contribution in [0.25, 0.3) is 6.08 Å². The molecule has 2 rings (SSSR count). The van der Waals surface area contributed by atoms with E-state index in [1.54, 1.807) is 24.3 Å². The van der Waals surface area contributed by atoms with Gasteiger partial charge in [0.15, 0.2) is 0 Å². The molecule has 4 heteroatoms. The molecule has 2 nitrogen and oxygen atoms in total. The van der Waals surface area contributed by atoms with Crippen LogP contribution in [0.1, 0.15) is 37.4 Å². The topological polar surface area (TPSA) is 29.1 Å². The summed E-state index contributed by atoms with van der Waals surface area (Å²) < 4.78 is 0. The number of carbonyl (C=O) groups excluding carboxylic acids is 1. The molecule has 0 bridgehead atoms. The van der Waals surface area contributed by atoms with Crippen molar-refractivity contribution in [2.45, 2.75) is 26.3 Å². The lowest BCUT2D eigenvalue weighted by molar-refractivity contribution is -0.117. The summed E-state index contributed by atoms with van der Waals surface area (Å²) in [5, 5.41) is 4.16. The van der Waals surface area contributed by atoms with Gasteiger partial charge in [0, 0.05) is 16.1 Å². The molecular weight excluding hydrogens is 341 g/mol. The largest absolute Gasteiger partial charge is 0.346 e. The first-order valence-corrected chi connectivity index (χ1v) is 8.70. The summed E-state index contributed by atoms with van der Waals surface area (Å²) >= 11 is 12.0. The third-order valence-corrected chi connectivity index (χ3v) is 4.16. The van der Waals surface area contributed by atoms with E-state index in [1.165, 1.54) is 6.08 Å². The molecule has 0 aliphatic rings. The van der Waals surface area contributed by atoms with Gasteiger partial charge in [-0.25, -0.2) is 0 Å². The van der Waals surface area contributed by atoms with E-state index in [1.807, 2.05) is 30.3 Å². The van der Waals surface area contributed by atoms with Crippen molar-refractivity contribution in [1.82, 2.24) is 5.32 Å². The molecule has 0 aromatic heterocycles. The van der Waals surface area contributed by atoms with E-state index < -0.39 is 0 Å². The quantitative estimate of drug-likeness (QED) is 0.636. The highest BCUT2D eigenvalue weighted by Gasteiger charge is 2.14. The second kappa shape index (κ2) is 8.91. The fourth-order valence-corrected chi connectivity index (χ4v) is 2.93. The smallest absolute Gasteiger partial charge is 0.244 e. The molecule has 0 saturated heterocycles. The van der Waals surface area contributed by atoms with Crippen LogP contribution in [0.4, 0.5) is 0 Å². The Morgan fingerprint density at radius 3 is 2.46 bits per heavy atom. The lowest BCUT2D eigenvalue weighted by Gasteiger charge is -2.20. The minimum atomic E-state index is -0.143. The Balaban J connectivity index is 2.08. The summed E-state index contributed by atoms with van der Waals surface area (Å²) in [7, 11) is 0. The Morgan fingerprint density at radius 2 is 1.83 bits per heavy atom. The highest BCUT2D eigenvalue weighted by atomic mass is 35.5. The van der Waals surface area contributed by atoms with Gasteiger partial charge in [-0.05, 0) is 41.7 Å². The van der Waals surface area contributed by atoms with Crippen molar-refractivity contribution in [3.8, 4) is 0 Å². The fraction of sp³-hybridized carbons (Fsp3) is 0.250. The third kappa shape index (κ3) is 5.70. The van der Waals surface area contributed by atoms with Gasteiger partial charge in [0.25, 0.3) is 0 Å². The zero-order valence-electron chi connectivity index (χ0n) is 13.8. The molecule has 0 saturated carbocycles. The van der Waals surface area contributed by atoms with Crippen LogP contribution in [0.5, 0.6) is 0 Å². The molecule has 0 spiro atoms. The number of carbonyl (C=O) groups is 1. The molecule has 0 fully saturated rings. The Labute approximate surface area is 153 Å².